The number of para-hydroxylation sites is 1. The first kappa shape index (κ1) is 17.7. The number of halogens is 1. The summed E-state index contributed by atoms with van der Waals surface area (Å²) < 4.78 is 5.43. The van der Waals surface area contributed by atoms with Crippen LogP contribution >= 0.6 is 24.0 Å². The van der Waals surface area contributed by atoms with Gasteiger partial charge in [0.25, 0.3) is 0 Å². The fourth-order valence-corrected chi connectivity index (χ4v) is 2.00. The van der Waals surface area contributed by atoms with Gasteiger partial charge in [-0.25, -0.2) is 4.99 Å². The van der Waals surface area contributed by atoms with Crippen LogP contribution in [0.2, 0.25) is 0 Å². The minimum absolute atomic E-state index is 0. The Hall–Kier alpha value is -1.35. The summed E-state index contributed by atoms with van der Waals surface area (Å²) in [5.74, 6) is 0.212. The zero-order valence-corrected chi connectivity index (χ0v) is 14.3. The predicted octanol–water partition coefficient (Wildman–Crippen LogP) is 1.28. The maximum atomic E-state index is 11.7. The van der Waals surface area contributed by atoms with Crippen molar-refractivity contribution in [2.75, 3.05) is 31.6 Å². The fourth-order valence-electron chi connectivity index (χ4n) is 2.00. The molecule has 3 N–H and O–H groups in total. The number of morpholine rings is 1. The highest BCUT2D eigenvalue weighted by Crippen LogP contribution is 2.05. The van der Waals surface area contributed by atoms with Crippen molar-refractivity contribution in [3.05, 3.63) is 30.3 Å². The van der Waals surface area contributed by atoms with Crippen molar-refractivity contribution in [2.24, 2.45) is 10.7 Å². The molecule has 21 heavy (non-hydrogen) atoms. The molecule has 1 aliphatic heterocycles. The van der Waals surface area contributed by atoms with Gasteiger partial charge in [0.1, 0.15) is 6.54 Å². The van der Waals surface area contributed by atoms with Crippen LogP contribution in [0.5, 0.6) is 0 Å². The number of benzene rings is 1. The Morgan fingerprint density at radius 3 is 2.86 bits per heavy atom. The van der Waals surface area contributed by atoms with Crippen LogP contribution in [0.3, 0.4) is 0 Å². The van der Waals surface area contributed by atoms with Crippen molar-refractivity contribution >= 4 is 41.5 Å². The number of carbonyl (C=O) groups excluding carboxylic acids is 1. The summed E-state index contributed by atoms with van der Waals surface area (Å²) in [6.07, 6.45) is 0.135. The summed E-state index contributed by atoms with van der Waals surface area (Å²) >= 11 is 0. The highest BCUT2D eigenvalue weighted by Gasteiger charge is 2.18. The number of guanidine groups is 1. The maximum Gasteiger partial charge on any atom is 0.246 e. The molecule has 0 bridgehead atoms. The normalized spacial score (nSPS) is 18.8. The number of amides is 1. The highest BCUT2D eigenvalue weighted by atomic mass is 127. The Kier molecular flexibility index (Phi) is 7.44. The largest absolute Gasteiger partial charge is 0.375 e. The number of nitrogens with zero attached hydrogens (tertiary/aromatic N) is 2. The molecule has 0 saturated carbocycles. The third-order valence-corrected chi connectivity index (χ3v) is 3.01. The predicted molar refractivity (Wildman–Crippen MR) is 94.0 cm³/mol. The SMILES string of the molecule is CC1CN(C(N)=NCC(=O)Nc2ccccc2)CCO1.I. The van der Waals surface area contributed by atoms with Gasteiger partial charge in [0.05, 0.1) is 12.7 Å². The standard InChI is InChI=1S/C14H20N4O2.HI/c1-11-10-18(7-8-20-11)14(15)16-9-13(19)17-12-5-3-2-4-6-12;/h2-6,11H,7-10H2,1H3,(H2,15,16)(H,17,19);1H. The van der Waals surface area contributed by atoms with Crippen LogP contribution in [0.1, 0.15) is 6.92 Å². The second-order valence-electron chi connectivity index (χ2n) is 4.72. The van der Waals surface area contributed by atoms with Crippen molar-refractivity contribution < 1.29 is 9.53 Å². The zero-order valence-electron chi connectivity index (χ0n) is 12.0. The van der Waals surface area contributed by atoms with Gasteiger partial charge in [0.15, 0.2) is 5.96 Å². The van der Waals surface area contributed by atoms with E-state index in [-0.39, 0.29) is 42.5 Å². The van der Waals surface area contributed by atoms with E-state index in [9.17, 15) is 4.79 Å². The van der Waals surface area contributed by atoms with Crippen LogP contribution in [0.25, 0.3) is 0 Å². The molecule has 1 heterocycles. The third kappa shape index (κ3) is 5.88. The second kappa shape index (κ2) is 8.83. The number of carbonyl (C=O) groups is 1. The number of nitrogens with one attached hydrogen (secondary N) is 1. The number of anilines is 1. The number of hydrogen-bond acceptors (Lipinski definition) is 3. The van der Waals surface area contributed by atoms with Crippen molar-refractivity contribution in [1.29, 1.82) is 0 Å². The van der Waals surface area contributed by atoms with Crippen LogP contribution in [-0.4, -0.2) is 49.1 Å². The Balaban J connectivity index is 0.00000220. The second-order valence-corrected chi connectivity index (χ2v) is 4.72. The van der Waals surface area contributed by atoms with Gasteiger partial charge in [-0.2, -0.15) is 0 Å². The van der Waals surface area contributed by atoms with E-state index in [1.807, 2.05) is 42.2 Å². The van der Waals surface area contributed by atoms with Crippen LogP contribution in [0.15, 0.2) is 35.3 Å². The molecule has 0 spiro atoms. The molecular formula is C14H21IN4O2. The summed E-state index contributed by atoms with van der Waals surface area (Å²) in [6.45, 7) is 4.05. The first-order valence-corrected chi connectivity index (χ1v) is 6.66. The summed E-state index contributed by atoms with van der Waals surface area (Å²) in [7, 11) is 0. The molecule has 2 rings (SSSR count). The Bertz CT molecular complexity index is 481. The summed E-state index contributed by atoms with van der Waals surface area (Å²) in [5, 5.41) is 2.76. The van der Waals surface area contributed by atoms with Gasteiger partial charge in [0, 0.05) is 18.8 Å². The summed E-state index contributed by atoms with van der Waals surface area (Å²) in [5.41, 5.74) is 6.65. The molecule has 1 amide bonds. The molecular weight excluding hydrogens is 383 g/mol. The van der Waals surface area contributed by atoms with E-state index in [1.54, 1.807) is 0 Å². The Morgan fingerprint density at radius 2 is 2.19 bits per heavy atom. The number of aliphatic imine (C=N–C) groups is 1. The number of rotatable bonds is 3. The van der Waals surface area contributed by atoms with Crippen LogP contribution in [-0.2, 0) is 9.53 Å². The molecule has 0 aliphatic carbocycles. The third-order valence-electron chi connectivity index (χ3n) is 3.01. The summed E-state index contributed by atoms with van der Waals surface area (Å²) in [4.78, 5) is 17.8. The first-order valence-electron chi connectivity index (χ1n) is 6.66. The molecule has 116 valence electrons. The van der Waals surface area contributed by atoms with Crippen molar-refractivity contribution in [1.82, 2.24) is 4.90 Å². The fraction of sp³-hybridized carbons (Fsp3) is 0.429. The molecule has 0 aromatic heterocycles. The van der Waals surface area contributed by atoms with E-state index in [4.69, 9.17) is 10.5 Å². The first-order chi connectivity index (χ1) is 9.65. The molecule has 1 saturated heterocycles. The summed E-state index contributed by atoms with van der Waals surface area (Å²) in [6, 6.07) is 9.28. The van der Waals surface area contributed by atoms with Gasteiger partial charge < -0.3 is 20.7 Å². The van der Waals surface area contributed by atoms with Gasteiger partial charge in [-0.15, -0.1) is 24.0 Å². The lowest BCUT2D eigenvalue weighted by Crippen LogP contribution is -2.48. The zero-order chi connectivity index (χ0) is 14.4. The number of ether oxygens (including phenoxy) is 1. The maximum absolute atomic E-state index is 11.7. The van der Waals surface area contributed by atoms with Gasteiger partial charge in [-0.05, 0) is 19.1 Å². The molecule has 1 unspecified atom stereocenters. The van der Waals surface area contributed by atoms with Crippen LogP contribution in [0.4, 0.5) is 5.69 Å². The Labute approximate surface area is 141 Å². The lowest BCUT2D eigenvalue weighted by molar-refractivity contribution is -0.114. The average molecular weight is 404 g/mol. The topological polar surface area (TPSA) is 80.0 Å². The Morgan fingerprint density at radius 1 is 1.48 bits per heavy atom. The van der Waals surface area contributed by atoms with Gasteiger partial charge in [0.2, 0.25) is 5.91 Å². The van der Waals surface area contributed by atoms with Crippen molar-refractivity contribution in [3.8, 4) is 0 Å². The van der Waals surface area contributed by atoms with E-state index in [0.717, 1.165) is 5.69 Å². The molecule has 1 aromatic rings. The highest BCUT2D eigenvalue weighted by molar-refractivity contribution is 14.0. The van der Waals surface area contributed by atoms with E-state index in [0.29, 0.717) is 25.7 Å². The van der Waals surface area contributed by atoms with Gasteiger partial charge in [-0.3, -0.25) is 4.79 Å². The molecule has 0 radical (unpaired) electrons. The number of hydrogen-bond donors (Lipinski definition) is 2. The van der Waals surface area contributed by atoms with E-state index in [1.165, 1.54) is 0 Å². The minimum atomic E-state index is -0.180. The van der Waals surface area contributed by atoms with E-state index in [2.05, 4.69) is 10.3 Å². The molecule has 6 nitrogen and oxygen atoms in total. The lowest BCUT2D eigenvalue weighted by atomic mass is 10.3. The van der Waals surface area contributed by atoms with E-state index < -0.39 is 0 Å². The molecule has 1 atom stereocenters. The molecule has 7 heteroatoms. The number of nitrogens with two attached hydrogens (primary N) is 1. The molecule has 1 aliphatic rings. The molecule has 1 aromatic carbocycles. The quantitative estimate of drug-likeness (QED) is 0.452. The van der Waals surface area contributed by atoms with E-state index >= 15 is 0 Å². The van der Waals surface area contributed by atoms with Crippen LogP contribution in [0, 0.1) is 0 Å². The van der Waals surface area contributed by atoms with Gasteiger partial charge in [-0.1, -0.05) is 18.2 Å². The monoisotopic (exact) mass is 404 g/mol. The minimum Gasteiger partial charge on any atom is -0.375 e. The average Bonchev–Trinajstić information content (AvgIpc) is 2.46. The van der Waals surface area contributed by atoms with Crippen molar-refractivity contribution in [2.45, 2.75) is 13.0 Å². The van der Waals surface area contributed by atoms with Crippen LogP contribution < -0.4 is 11.1 Å². The van der Waals surface area contributed by atoms with Crippen molar-refractivity contribution in [3.63, 3.8) is 0 Å². The smallest absolute Gasteiger partial charge is 0.246 e. The molecule has 1 fully saturated rings. The van der Waals surface area contributed by atoms with Gasteiger partial charge >= 0.3 is 0 Å². The lowest BCUT2D eigenvalue weighted by Gasteiger charge is -2.31.